The molecule has 0 spiro atoms. The number of benzene rings is 1. The third-order valence-corrected chi connectivity index (χ3v) is 1.70. The summed E-state index contributed by atoms with van der Waals surface area (Å²) in [6, 6.07) is 8.62. The highest BCUT2D eigenvalue weighted by atomic mass is 35.5. The normalized spacial score (nSPS) is 9.17. The quantitative estimate of drug-likeness (QED) is 0.763. The monoisotopic (exact) mass is 185 g/mol. The Kier molecular flexibility index (Phi) is 5.77. The molecule has 0 saturated carbocycles. The summed E-state index contributed by atoms with van der Waals surface area (Å²) in [4.78, 5) is 0. The molecule has 0 amide bonds. The Morgan fingerprint density at radius 1 is 1.17 bits per heavy atom. The van der Waals surface area contributed by atoms with Crippen LogP contribution in [0.1, 0.15) is 18.1 Å². The first-order valence-corrected chi connectivity index (χ1v) is 4.09. The molecule has 0 heterocycles. The number of hydrogen-bond acceptors (Lipinski definition) is 1. The lowest BCUT2D eigenvalue weighted by Gasteiger charge is -2.01. The SMILES string of the molecule is CCNCc1ccc(C)cc1.Cl. The molecule has 1 rings (SSSR count). The molecular formula is C10H16ClN. The minimum Gasteiger partial charge on any atom is -0.313 e. The third kappa shape index (κ3) is 3.74. The van der Waals surface area contributed by atoms with Gasteiger partial charge in [-0.15, -0.1) is 12.4 Å². The van der Waals surface area contributed by atoms with Crippen LogP contribution >= 0.6 is 12.4 Å². The van der Waals surface area contributed by atoms with Crippen LogP contribution in [-0.4, -0.2) is 6.54 Å². The van der Waals surface area contributed by atoms with Crippen molar-refractivity contribution in [2.45, 2.75) is 20.4 Å². The zero-order valence-electron chi connectivity index (χ0n) is 7.63. The van der Waals surface area contributed by atoms with Gasteiger partial charge in [-0.05, 0) is 19.0 Å². The van der Waals surface area contributed by atoms with E-state index < -0.39 is 0 Å². The first-order valence-electron chi connectivity index (χ1n) is 4.09. The number of hydrogen-bond donors (Lipinski definition) is 1. The second kappa shape index (κ2) is 6.04. The number of nitrogens with one attached hydrogen (secondary N) is 1. The average molecular weight is 186 g/mol. The molecule has 0 aliphatic rings. The van der Waals surface area contributed by atoms with Crippen molar-refractivity contribution < 1.29 is 0 Å². The van der Waals surface area contributed by atoms with Crippen molar-refractivity contribution in [2.75, 3.05) is 6.54 Å². The van der Waals surface area contributed by atoms with E-state index in [0.717, 1.165) is 13.1 Å². The Labute approximate surface area is 80.6 Å². The van der Waals surface area contributed by atoms with Gasteiger partial charge in [0.15, 0.2) is 0 Å². The van der Waals surface area contributed by atoms with Gasteiger partial charge in [0.25, 0.3) is 0 Å². The van der Waals surface area contributed by atoms with Crippen molar-refractivity contribution in [3.63, 3.8) is 0 Å². The molecule has 0 bridgehead atoms. The molecule has 0 aliphatic heterocycles. The van der Waals surface area contributed by atoms with Gasteiger partial charge in [-0.3, -0.25) is 0 Å². The first kappa shape index (κ1) is 11.5. The maximum Gasteiger partial charge on any atom is 0.0205 e. The molecule has 0 saturated heterocycles. The summed E-state index contributed by atoms with van der Waals surface area (Å²) >= 11 is 0. The Balaban J connectivity index is 0.00000121. The van der Waals surface area contributed by atoms with Crippen LogP contribution in [0.2, 0.25) is 0 Å². The largest absolute Gasteiger partial charge is 0.313 e. The fourth-order valence-electron chi connectivity index (χ4n) is 0.975. The van der Waals surface area contributed by atoms with Crippen LogP contribution in [0, 0.1) is 6.92 Å². The maximum atomic E-state index is 3.28. The van der Waals surface area contributed by atoms with E-state index in [0.29, 0.717) is 0 Å². The van der Waals surface area contributed by atoms with Gasteiger partial charge in [-0.1, -0.05) is 36.8 Å². The van der Waals surface area contributed by atoms with E-state index in [1.54, 1.807) is 0 Å². The second-order valence-electron chi connectivity index (χ2n) is 2.77. The van der Waals surface area contributed by atoms with Gasteiger partial charge in [-0.2, -0.15) is 0 Å². The minimum atomic E-state index is 0. The zero-order chi connectivity index (χ0) is 8.10. The lowest BCUT2D eigenvalue weighted by Crippen LogP contribution is -2.11. The molecule has 0 unspecified atom stereocenters. The average Bonchev–Trinajstić information content (AvgIpc) is 2.04. The van der Waals surface area contributed by atoms with E-state index in [4.69, 9.17) is 0 Å². The van der Waals surface area contributed by atoms with Crippen LogP contribution in [0.5, 0.6) is 0 Å². The number of halogens is 1. The number of aryl methyl sites for hydroxylation is 1. The van der Waals surface area contributed by atoms with Crippen LogP contribution < -0.4 is 5.32 Å². The molecule has 68 valence electrons. The summed E-state index contributed by atoms with van der Waals surface area (Å²) in [6.45, 7) is 6.25. The van der Waals surface area contributed by atoms with E-state index in [9.17, 15) is 0 Å². The molecule has 0 fully saturated rings. The van der Waals surface area contributed by atoms with Crippen molar-refractivity contribution in [1.29, 1.82) is 0 Å². The topological polar surface area (TPSA) is 12.0 Å². The van der Waals surface area contributed by atoms with Crippen LogP contribution in [-0.2, 0) is 6.54 Å². The molecule has 0 aromatic heterocycles. The van der Waals surface area contributed by atoms with Crippen molar-refractivity contribution in [3.05, 3.63) is 35.4 Å². The van der Waals surface area contributed by atoms with E-state index in [1.807, 2.05) is 0 Å². The van der Waals surface area contributed by atoms with E-state index in [-0.39, 0.29) is 12.4 Å². The summed E-state index contributed by atoms with van der Waals surface area (Å²) in [5.41, 5.74) is 2.68. The van der Waals surface area contributed by atoms with Gasteiger partial charge in [0.05, 0.1) is 0 Å². The standard InChI is InChI=1S/C10H15N.ClH/c1-3-11-8-10-6-4-9(2)5-7-10;/h4-7,11H,3,8H2,1-2H3;1H. The van der Waals surface area contributed by atoms with E-state index in [2.05, 4.69) is 43.4 Å². The van der Waals surface area contributed by atoms with Gasteiger partial charge in [-0.25, -0.2) is 0 Å². The smallest absolute Gasteiger partial charge is 0.0205 e. The maximum absolute atomic E-state index is 3.28. The van der Waals surface area contributed by atoms with Crippen LogP contribution in [0.4, 0.5) is 0 Å². The van der Waals surface area contributed by atoms with Gasteiger partial charge < -0.3 is 5.32 Å². The highest BCUT2D eigenvalue weighted by molar-refractivity contribution is 5.85. The van der Waals surface area contributed by atoms with Gasteiger partial charge in [0, 0.05) is 6.54 Å². The van der Waals surface area contributed by atoms with Gasteiger partial charge in [0.2, 0.25) is 0 Å². The van der Waals surface area contributed by atoms with Crippen molar-refractivity contribution in [3.8, 4) is 0 Å². The Bertz CT molecular complexity index is 206. The molecule has 12 heavy (non-hydrogen) atoms. The minimum absolute atomic E-state index is 0. The molecular weight excluding hydrogens is 170 g/mol. The summed E-state index contributed by atoms with van der Waals surface area (Å²) < 4.78 is 0. The first-order chi connectivity index (χ1) is 5.33. The van der Waals surface area contributed by atoms with E-state index >= 15 is 0 Å². The summed E-state index contributed by atoms with van der Waals surface area (Å²) in [7, 11) is 0. The highest BCUT2D eigenvalue weighted by Gasteiger charge is 1.88. The third-order valence-electron chi connectivity index (χ3n) is 1.70. The Morgan fingerprint density at radius 3 is 2.25 bits per heavy atom. The molecule has 1 nitrogen and oxygen atoms in total. The molecule has 0 atom stereocenters. The van der Waals surface area contributed by atoms with Gasteiger partial charge >= 0.3 is 0 Å². The molecule has 0 radical (unpaired) electrons. The molecule has 1 aromatic carbocycles. The van der Waals surface area contributed by atoms with Gasteiger partial charge in [0.1, 0.15) is 0 Å². The second-order valence-corrected chi connectivity index (χ2v) is 2.77. The van der Waals surface area contributed by atoms with E-state index in [1.165, 1.54) is 11.1 Å². The van der Waals surface area contributed by atoms with Crippen LogP contribution in [0.25, 0.3) is 0 Å². The predicted octanol–water partition coefficient (Wildman–Crippen LogP) is 2.53. The van der Waals surface area contributed by atoms with Crippen molar-refractivity contribution in [1.82, 2.24) is 5.32 Å². The highest BCUT2D eigenvalue weighted by Crippen LogP contribution is 2.01. The number of rotatable bonds is 3. The molecule has 2 heteroatoms. The molecule has 0 aliphatic carbocycles. The summed E-state index contributed by atoms with van der Waals surface area (Å²) in [5.74, 6) is 0. The fraction of sp³-hybridized carbons (Fsp3) is 0.400. The van der Waals surface area contributed by atoms with Crippen LogP contribution in [0.3, 0.4) is 0 Å². The van der Waals surface area contributed by atoms with Crippen molar-refractivity contribution in [2.24, 2.45) is 0 Å². The summed E-state index contributed by atoms with van der Waals surface area (Å²) in [5, 5.41) is 3.28. The fourth-order valence-corrected chi connectivity index (χ4v) is 0.975. The Hall–Kier alpha value is -0.530. The van der Waals surface area contributed by atoms with Crippen molar-refractivity contribution >= 4 is 12.4 Å². The Morgan fingerprint density at radius 2 is 1.75 bits per heavy atom. The molecule has 1 N–H and O–H groups in total. The van der Waals surface area contributed by atoms with Crippen LogP contribution in [0.15, 0.2) is 24.3 Å². The summed E-state index contributed by atoms with van der Waals surface area (Å²) in [6.07, 6.45) is 0. The predicted molar refractivity (Wildman–Crippen MR) is 55.8 cm³/mol. The lowest BCUT2D eigenvalue weighted by atomic mass is 10.1. The zero-order valence-corrected chi connectivity index (χ0v) is 8.45. The molecule has 1 aromatic rings. The lowest BCUT2D eigenvalue weighted by molar-refractivity contribution is 0.727.